The van der Waals surface area contributed by atoms with Crippen molar-refractivity contribution in [2.24, 2.45) is 5.73 Å². The molecule has 0 bridgehead atoms. The Hall–Kier alpha value is -2.28. The molecular weight excluding hydrogens is 557 g/mol. The van der Waals surface area contributed by atoms with Crippen molar-refractivity contribution in [3.8, 4) is 0 Å². The first-order chi connectivity index (χ1) is 17.1. The second-order valence-electron chi connectivity index (χ2n) is 9.22. The van der Waals surface area contributed by atoms with Crippen LogP contribution in [0.3, 0.4) is 0 Å². The van der Waals surface area contributed by atoms with Crippen LogP contribution in [0.15, 0.2) is 41.3 Å². The number of halogens is 2. The molecule has 1 fully saturated rings. The molecule has 2 N–H and O–H groups in total. The highest BCUT2D eigenvalue weighted by molar-refractivity contribution is 7.89. The summed E-state index contributed by atoms with van der Waals surface area (Å²) in [4.78, 5) is 34.8. The van der Waals surface area contributed by atoms with Crippen LogP contribution in [-0.2, 0) is 27.8 Å². The van der Waals surface area contributed by atoms with E-state index in [0.717, 1.165) is 40.9 Å². The quantitative estimate of drug-likeness (QED) is 0.493. The number of nitrogens with two attached hydrogens (primary N) is 1. The summed E-state index contributed by atoms with van der Waals surface area (Å²) < 4.78 is 28.3. The van der Waals surface area contributed by atoms with Crippen molar-refractivity contribution in [1.29, 1.82) is 0 Å². The maximum Gasteiger partial charge on any atom is 0.283 e. The third-order valence-electron chi connectivity index (χ3n) is 6.66. The van der Waals surface area contributed by atoms with Crippen LogP contribution in [0.25, 0.3) is 10.8 Å². The maximum atomic E-state index is 13.5. The predicted octanol–water partition coefficient (Wildman–Crippen LogP) is 2.75. The van der Waals surface area contributed by atoms with Crippen LogP contribution in [0, 0.1) is 0 Å². The van der Waals surface area contributed by atoms with Crippen LogP contribution >= 0.6 is 35.3 Å². The first kappa shape index (κ1) is 27.7. The number of likely N-dealkylation sites (N-methyl/N-ethyl adjacent to an activating group) is 1. The summed E-state index contributed by atoms with van der Waals surface area (Å²) in [5, 5.41) is 2.53. The van der Waals surface area contributed by atoms with Gasteiger partial charge < -0.3 is 15.5 Å². The molecule has 0 spiro atoms. The summed E-state index contributed by atoms with van der Waals surface area (Å²) in [5.74, 6) is -0.886. The van der Waals surface area contributed by atoms with E-state index in [1.807, 2.05) is 7.05 Å². The summed E-state index contributed by atoms with van der Waals surface area (Å²) in [5.41, 5.74) is 6.42. The molecule has 1 aromatic heterocycles. The Kier molecular flexibility index (Phi) is 8.13. The van der Waals surface area contributed by atoms with Crippen molar-refractivity contribution in [3.05, 3.63) is 57.0 Å². The van der Waals surface area contributed by atoms with Gasteiger partial charge in [0, 0.05) is 55.5 Å². The summed E-state index contributed by atoms with van der Waals surface area (Å²) in [6.45, 7) is 1.85. The van der Waals surface area contributed by atoms with Crippen LogP contribution in [-0.4, -0.2) is 78.6 Å². The fourth-order valence-corrected chi connectivity index (χ4v) is 7.59. The molecule has 198 valence electrons. The fourth-order valence-electron chi connectivity index (χ4n) is 4.76. The van der Waals surface area contributed by atoms with E-state index < -0.39 is 22.0 Å². The number of hydrogen-bond donors (Lipinski definition) is 1. The summed E-state index contributed by atoms with van der Waals surface area (Å²) >= 11 is 7.41. The van der Waals surface area contributed by atoms with Crippen LogP contribution in [0.2, 0.25) is 5.02 Å². The Morgan fingerprint density at radius 3 is 2.62 bits per heavy atom. The number of piperazine rings is 1. The predicted molar refractivity (Wildman–Crippen MR) is 146 cm³/mol. The van der Waals surface area contributed by atoms with Gasteiger partial charge in [-0.1, -0.05) is 23.7 Å². The molecule has 2 aromatic carbocycles. The van der Waals surface area contributed by atoms with E-state index in [4.69, 9.17) is 17.3 Å². The van der Waals surface area contributed by atoms with E-state index >= 15 is 0 Å². The minimum Gasteiger partial charge on any atom is -0.370 e. The second-order valence-corrected chi connectivity index (χ2v) is 12.7. The van der Waals surface area contributed by atoms with Crippen molar-refractivity contribution < 1.29 is 18.0 Å². The standard InChI is InChI=1S/C24H26ClN5O4S2.ClH/c1-28-7-6-20-21(14-28)35-23(27-20)24(32)30-9-8-29(13-18(30)12-22(26)31)36(33,34)19-5-3-15-10-17(25)4-2-16(15)11-19;/h2-5,10-11,18H,6-9,12-14H2,1H3,(H2,26,31);1H. The van der Waals surface area contributed by atoms with Gasteiger partial charge in [-0.3, -0.25) is 9.59 Å². The molecule has 0 aliphatic carbocycles. The van der Waals surface area contributed by atoms with E-state index in [0.29, 0.717) is 10.0 Å². The lowest BCUT2D eigenvalue weighted by atomic mass is 10.1. The summed E-state index contributed by atoms with van der Waals surface area (Å²) in [6.07, 6.45) is 0.645. The minimum absolute atomic E-state index is 0. The zero-order valence-corrected chi connectivity index (χ0v) is 23.3. The first-order valence-corrected chi connectivity index (χ1v) is 14.2. The molecule has 3 heterocycles. The Bertz CT molecular complexity index is 1460. The van der Waals surface area contributed by atoms with Gasteiger partial charge in [0.2, 0.25) is 15.9 Å². The SMILES string of the molecule is CN1CCc2nc(C(=O)N3CCN(S(=O)(=O)c4ccc5cc(Cl)ccc5c4)CC3CC(N)=O)sc2C1.Cl. The molecule has 0 radical (unpaired) electrons. The fraction of sp³-hybridized carbons (Fsp3) is 0.375. The normalized spacial score (nSPS) is 18.9. The van der Waals surface area contributed by atoms with Crippen LogP contribution in [0.1, 0.15) is 26.8 Å². The smallest absolute Gasteiger partial charge is 0.283 e. The van der Waals surface area contributed by atoms with Gasteiger partial charge in [-0.05, 0) is 42.1 Å². The molecule has 2 aliphatic heterocycles. The number of aromatic nitrogens is 1. The topological polar surface area (TPSA) is 117 Å². The second kappa shape index (κ2) is 10.8. The Balaban J connectivity index is 0.00000320. The molecule has 1 atom stereocenters. The van der Waals surface area contributed by atoms with E-state index in [1.54, 1.807) is 41.3 Å². The zero-order valence-electron chi connectivity index (χ0n) is 20.1. The number of primary amides is 1. The lowest BCUT2D eigenvalue weighted by Crippen LogP contribution is -2.57. The first-order valence-electron chi connectivity index (χ1n) is 11.6. The molecule has 37 heavy (non-hydrogen) atoms. The Morgan fingerprint density at radius 1 is 1.14 bits per heavy atom. The van der Waals surface area contributed by atoms with Crippen molar-refractivity contribution >= 4 is 68.0 Å². The number of benzene rings is 2. The van der Waals surface area contributed by atoms with Gasteiger partial charge in [0.05, 0.1) is 16.6 Å². The van der Waals surface area contributed by atoms with E-state index in [9.17, 15) is 18.0 Å². The lowest BCUT2D eigenvalue weighted by molar-refractivity contribution is -0.119. The zero-order chi connectivity index (χ0) is 25.6. The number of amides is 2. The third kappa shape index (κ3) is 5.62. The Labute approximate surface area is 230 Å². The van der Waals surface area contributed by atoms with Crippen molar-refractivity contribution in [1.82, 2.24) is 19.1 Å². The monoisotopic (exact) mass is 583 g/mol. The molecule has 2 aliphatic rings. The maximum absolute atomic E-state index is 13.5. The van der Waals surface area contributed by atoms with Gasteiger partial charge >= 0.3 is 0 Å². The average molecular weight is 585 g/mol. The summed E-state index contributed by atoms with van der Waals surface area (Å²) in [7, 11) is -1.84. The lowest BCUT2D eigenvalue weighted by Gasteiger charge is -2.40. The molecule has 2 amide bonds. The highest BCUT2D eigenvalue weighted by Gasteiger charge is 2.38. The molecular formula is C24H27Cl2N5O4S2. The van der Waals surface area contributed by atoms with Crippen LogP contribution in [0.4, 0.5) is 0 Å². The number of rotatable bonds is 5. The largest absolute Gasteiger partial charge is 0.370 e. The van der Waals surface area contributed by atoms with E-state index in [-0.39, 0.29) is 49.3 Å². The van der Waals surface area contributed by atoms with E-state index in [2.05, 4.69) is 9.88 Å². The number of thiazole rings is 1. The van der Waals surface area contributed by atoms with E-state index in [1.165, 1.54) is 15.6 Å². The number of fused-ring (bicyclic) bond motifs is 2. The summed E-state index contributed by atoms with van der Waals surface area (Å²) in [6, 6.07) is 9.45. The molecule has 5 rings (SSSR count). The number of carbonyl (C=O) groups is 2. The highest BCUT2D eigenvalue weighted by atomic mass is 35.5. The molecule has 1 unspecified atom stereocenters. The molecule has 3 aromatic rings. The molecule has 1 saturated heterocycles. The van der Waals surface area contributed by atoms with Gasteiger partial charge in [-0.2, -0.15) is 4.31 Å². The number of sulfonamides is 1. The van der Waals surface area contributed by atoms with Crippen molar-refractivity contribution in [3.63, 3.8) is 0 Å². The minimum atomic E-state index is -3.86. The van der Waals surface area contributed by atoms with Gasteiger partial charge in [0.15, 0.2) is 5.01 Å². The van der Waals surface area contributed by atoms with Gasteiger partial charge in [-0.25, -0.2) is 13.4 Å². The number of nitrogens with zero attached hydrogens (tertiary/aromatic N) is 4. The van der Waals surface area contributed by atoms with Gasteiger partial charge in [-0.15, -0.1) is 23.7 Å². The van der Waals surface area contributed by atoms with Crippen LogP contribution < -0.4 is 5.73 Å². The van der Waals surface area contributed by atoms with Gasteiger partial charge in [0.25, 0.3) is 5.91 Å². The number of carbonyl (C=O) groups excluding carboxylic acids is 2. The Morgan fingerprint density at radius 2 is 1.86 bits per heavy atom. The average Bonchev–Trinajstić information content (AvgIpc) is 3.26. The third-order valence-corrected chi connectivity index (χ3v) is 9.83. The number of hydrogen-bond acceptors (Lipinski definition) is 7. The molecule has 13 heteroatoms. The van der Waals surface area contributed by atoms with Crippen molar-refractivity contribution in [2.45, 2.75) is 30.3 Å². The highest BCUT2D eigenvalue weighted by Crippen LogP contribution is 2.29. The van der Waals surface area contributed by atoms with Crippen LogP contribution in [0.5, 0.6) is 0 Å². The molecule has 9 nitrogen and oxygen atoms in total. The van der Waals surface area contributed by atoms with Gasteiger partial charge in [0.1, 0.15) is 0 Å². The molecule has 0 saturated carbocycles. The van der Waals surface area contributed by atoms with Crippen molar-refractivity contribution in [2.75, 3.05) is 33.2 Å².